The predicted molar refractivity (Wildman–Crippen MR) is 58.4 cm³/mol. The van der Waals surface area contributed by atoms with Gasteiger partial charge in [-0.15, -0.1) is 13.2 Å². The average molecular weight is 311 g/mol. The maximum absolute atomic E-state index is 13.3. The molecule has 1 aromatic carbocycles. The second-order valence-corrected chi connectivity index (χ2v) is 3.72. The number of halogens is 5. The SMILES string of the molecule is Fc1cc(OC(F)(F)F)ccc1C#CCCBr. The molecule has 92 valence electrons. The van der Waals surface area contributed by atoms with Crippen LogP contribution in [0.3, 0.4) is 0 Å². The molecular weight excluding hydrogens is 304 g/mol. The van der Waals surface area contributed by atoms with Crippen LogP contribution in [0.2, 0.25) is 0 Å². The maximum atomic E-state index is 13.3. The summed E-state index contributed by atoms with van der Waals surface area (Å²) in [7, 11) is 0. The minimum Gasteiger partial charge on any atom is -0.406 e. The van der Waals surface area contributed by atoms with Gasteiger partial charge < -0.3 is 4.74 Å². The van der Waals surface area contributed by atoms with Gasteiger partial charge in [0.2, 0.25) is 0 Å². The minimum absolute atomic E-state index is 0.0421. The predicted octanol–water partition coefficient (Wildman–Crippen LogP) is 3.86. The monoisotopic (exact) mass is 310 g/mol. The molecule has 0 saturated carbocycles. The first-order valence-electron chi connectivity index (χ1n) is 4.52. The first-order chi connectivity index (χ1) is 7.92. The van der Waals surface area contributed by atoms with Crippen molar-refractivity contribution < 1.29 is 22.3 Å². The van der Waals surface area contributed by atoms with Crippen LogP contribution in [0.15, 0.2) is 18.2 Å². The largest absolute Gasteiger partial charge is 0.573 e. The number of hydrogen-bond acceptors (Lipinski definition) is 1. The summed E-state index contributed by atoms with van der Waals surface area (Å²) in [5.41, 5.74) is 0.0421. The van der Waals surface area contributed by atoms with Crippen LogP contribution in [-0.4, -0.2) is 11.7 Å². The molecule has 0 saturated heterocycles. The lowest BCUT2D eigenvalue weighted by Gasteiger charge is -2.08. The van der Waals surface area contributed by atoms with E-state index in [1.54, 1.807) is 0 Å². The van der Waals surface area contributed by atoms with Crippen LogP contribution in [0.25, 0.3) is 0 Å². The number of ether oxygens (including phenoxy) is 1. The number of alkyl halides is 4. The molecular formula is C11H7BrF4O. The van der Waals surface area contributed by atoms with Crippen LogP contribution < -0.4 is 4.74 Å². The van der Waals surface area contributed by atoms with Crippen LogP contribution >= 0.6 is 15.9 Å². The molecule has 0 heterocycles. The molecule has 1 aromatic rings. The molecule has 0 spiro atoms. The van der Waals surface area contributed by atoms with Gasteiger partial charge in [-0.2, -0.15) is 0 Å². The van der Waals surface area contributed by atoms with Gasteiger partial charge in [-0.05, 0) is 12.1 Å². The van der Waals surface area contributed by atoms with Gasteiger partial charge in [-0.3, -0.25) is 0 Å². The summed E-state index contributed by atoms with van der Waals surface area (Å²) < 4.78 is 52.4. The summed E-state index contributed by atoms with van der Waals surface area (Å²) in [6.45, 7) is 0. The summed E-state index contributed by atoms with van der Waals surface area (Å²) in [4.78, 5) is 0. The second-order valence-electron chi connectivity index (χ2n) is 2.93. The Morgan fingerprint density at radius 1 is 1.29 bits per heavy atom. The van der Waals surface area contributed by atoms with Crippen molar-refractivity contribution in [2.24, 2.45) is 0 Å². The van der Waals surface area contributed by atoms with Crippen molar-refractivity contribution in [1.29, 1.82) is 0 Å². The van der Waals surface area contributed by atoms with E-state index >= 15 is 0 Å². The molecule has 0 fully saturated rings. The molecule has 0 aliphatic heterocycles. The molecule has 0 bridgehead atoms. The maximum Gasteiger partial charge on any atom is 0.573 e. The van der Waals surface area contributed by atoms with Gasteiger partial charge in [-0.1, -0.05) is 27.8 Å². The van der Waals surface area contributed by atoms with E-state index in [1.807, 2.05) is 0 Å². The van der Waals surface area contributed by atoms with Gasteiger partial charge in [0.25, 0.3) is 0 Å². The molecule has 6 heteroatoms. The zero-order valence-electron chi connectivity index (χ0n) is 8.44. The molecule has 0 unspecified atom stereocenters. The lowest BCUT2D eigenvalue weighted by atomic mass is 10.2. The van der Waals surface area contributed by atoms with Crippen molar-refractivity contribution in [3.05, 3.63) is 29.6 Å². The molecule has 0 radical (unpaired) electrons. The summed E-state index contributed by atoms with van der Waals surface area (Å²) in [6.07, 6.45) is -4.30. The molecule has 0 aliphatic rings. The Morgan fingerprint density at radius 2 is 2.00 bits per heavy atom. The molecule has 0 N–H and O–H groups in total. The van der Waals surface area contributed by atoms with Crippen molar-refractivity contribution in [3.63, 3.8) is 0 Å². The smallest absolute Gasteiger partial charge is 0.406 e. The van der Waals surface area contributed by atoms with Crippen LogP contribution in [0.1, 0.15) is 12.0 Å². The van der Waals surface area contributed by atoms with E-state index in [4.69, 9.17) is 0 Å². The highest BCUT2D eigenvalue weighted by Gasteiger charge is 2.31. The fraction of sp³-hybridized carbons (Fsp3) is 0.273. The van der Waals surface area contributed by atoms with Gasteiger partial charge in [0, 0.05) is 17.8 Å². The molecule has 1 rings (SSSR count). The van der Waals surface area contributed by atoms with Gasteiger partial charge in [0.15, 0.2) is 0 Å². The highest BCUT2D eigenvalue weighted by atomic mass is 79.9. The zero-order chi connectivity index (χ0) is 12.9. The van der Waals surface area contributed by atoms with Crippen LogP contribution in [0.5, 0.6) is 5.75 Å². The van der Waals surface area contributed by atoms with E-state index in [0.717, 1.165) is 12.1 Å². The Labute approximate surface area is 104 Å². The second kappa shape index (κ2) is 5.92. The Kier molecular flexibility index (Phi) is 4.82. The molecule has 1 nitrogen and oxygen atoms in total. The first-order valence-corrected chi connectivity index (χ1v) is 5.64. The summed E-state index contributed by atoms with van der Waals surface area (Å²) in [5, 5.41) is 0.650. The van der Waals surface area contributed by atoms with Gasteiger partial charge >= 0.3 is 6.36 Å². The van der Waals surface area contributed by atoms with Crippen LogP contribution in [0, 0.1) is 17.7 Å². The molecule has 0 amide bonds. The van der Waals surface area contributed by atoms with Crippen LogP contribution in [-0.2, 0) is 0 Å². The van der Waals surface area contributed by atoms with Crippen molar-refractivity contribution in [2.75, 3.05) is 5.33 Å². The highest BCUT2D eigenvalue weighted by molar-refractivity contribution is 9.09. The van der Waals surface area contributed by atoms with E-state index in [0.29, 0.717) is 17.8 Å². The minimum atomic E-state index is -4.82. The van der Waals surface area contributed by atoms with E-state index in [1.165, 1.54) is 0 Å². The van der Waals surface area contributed by atoms with Crippen molar-refractivity contribution in [3.8, 4) is 17.6 Å². The number of hydrogen-bond donors (Lipinski definition) is 0. The van der Waals surface area contributed by atoms with Crippen molar-refractivity contribution >= 4 is 15.9 Å². The van der Waals surface area contributed by atoms with E-state index < -0.39 is 17.9 Å². The van der Waals surface area contributed by atoms with Gasteiger partial charge in [0.05, 0.1) is 5.56 Å². The highest BCUT2D eigenvalue weighted by Crippen LogP contribution is 2.24. The Balaban J connectivity index is 2.84. The summed E-state index contributed by atoms with van der Waals surface area (Å²) in [6, 6.07) is 2.83. The average Bonchev–Trinajstić information content (AvgIpc) is 2.19. The van der Waals surface area contributed by atoms with Crippen LogP contribution in [0.4, 0.5) is 17.6 Å². The topological polar surface area (TPSA) is 9.23 Å². The molecule has 0 aromatic heterocycles. The van der Waals surface area contributed by atoms with Gasteiger partial charge in [-0.25, -0.2) is 4.39 Å². The lowest BCUT2D eigenvalue weighted by molar-refractivity contribution is -0.274. The summed E-state index contributed by atoms with van der Waals surface area (Å²) >= 11 is 3.14. The third kappa shape index (κ3) is 5.09. The Bertz CT molecular complexity index is 445. The molecule has 17 heavy (non-hydrogen) atoms. The van der Waals surface area contributed by atoms with Gasteiger partial charge in [0.1, 0.15) is 11.6 Å². The lowest BCUT2D eigenvalue weighted by Crippen LogP contribution is -2.17. The third-order valence-corrected chi connectivity index (χ3v) is 2.01. The van der Waals surface area contributed by atoms with Crippen molar-refractivity contribution in [2.45, 2.75) is 12.8 Å². The Hall–Kier alpha value is -1.22. The number of rotatable bonds is 2. The summed E-state index contributed by atoms with van der Waals surface area (Å²) in [5.74, 6) is 3.74. The van der Waals surface area contributed by atoms with Crippen molar-refractivity contribution in [1.82, 2.24) is 0 Å². The molecule has 0 atom stereocenters. The standard InChI is InChI=1S/C11H7BrF4O/c12-6-2-1-3-8-4-5-9(7-10(8)13)17-11(14,15)16/h4-5,7H,2,6H2. The van der Waals surface area contributed by atoms with E-state index in [2.05, 4.69) is 32.5 Å². The normalized spacial score (nSPS) is 10.6. The zero-order valence-corrected chi connectivity index (χ0v) is 10.0. The fourth-order valence-electron chi connectivity index (χ4n) is 0.999. The first kappa shape index (κ1) is 13.8. The quantitative estimate of drug-likeness (QED) is 0.458. The molecule has 0 aliphatic carbocycles. The van der Waals surface area contributed by atoms with E-state index in [9.17, 15) is 17.6 Å². The Morgan fingerprint density at radius 3 is 2.53 bits per heavy atom. The van der Waals surface area contributed by atoms with E-state index in [-0.39, 0.29) is 5.56 Å². The fourth-order valence-corrected chi connectivity index (χ4v) is 1.20. The third-order valence-electron chi connectivity index (χ3n) is 1.62. The number of benzene rings is 1.